The molecule has 2 atom stereocenters. The van der Waals surface area contributed by atoms with Crippen LogP contribution < -0.4 is 4.74 Å². The summed E-state index contributed by atoms with van der Waals surface area (Å²) in [6.07, 6.45) is 3.32. The lowest BCUT2D eigenvalue weighted by Crippen LogP contribution is -2.38. The second kappa shape index (κ2) is 9.28. The number of hydrogen-bond acceptors (Lipinski definition) is 8. The van der Waals surface area contributed by atoms with Gasteiger partial charge in [-0.2, -0.15) is 8.78 Å². The third kappa shape index (κ3) is 4.53. The van der Waals surface area contributed by atoms with Crippen molar-refractivity contribution in [2.75, 3.05) is 11.5 Å². The normalized spacial score (nSPS) is 21.8. The number of fused-ring (bicyclic) bond motifs is 3. The van der Waals surface area contributed by atoms with Crippen LogP contribution in [0.3, 0.4) is 0 Å². The summed E-state index contributed by atoms with van der Waals surface area (Å²) in [5, 5.41) is 21.6. The number of aromatic nitrogens is 4. The number of aliphatic hydroxyl groups excluding tert-OH is 1. The van der Waals surface area contributed by atoms with Gasteiger partial charge in [-0.25, -0.2) is 27.8 Å². The number of sulfone groups is 1. The quantitative estimate of drug-likeness (QED) is 0.380. The van der Waals surface area contributed by atoms with Crippen molar-refractivity contribution in [3.05, 3.63) is 77.5 Å². The van der Waals surface area contributed by atoms with Crippen LogP contribution in [0.25, 0.3) is 16.8 Å². The van der Waals surface area contributed by atoms with Crippen molar-refractivity contribution in [3.8, 4) is 16.9 Å². The number of alkyl halides is 2. The first kappa shape index (κ1) is 25.7. The van der Waals surface area contributed by atoms with Crippen LogP contribution in [0.1, 0.15) is 54.1 Å². The number of hydrogen-bond donors (Lipinski definition) is 2. The third-order valence-corrected chi connectivity index (χ3v) is 9.07. The number of pyridine rings is 1. The van der Waals surface area contributed by atoms with Crippen LogP contribution in [0.2, 0.25) is 0 Å². The van der Waals surface area contributed by atoms with E-state index >= 15 is 4.39 Å². The monoisotopic (exact) mass is 560 g/mol. The minimum absolute atomic E-state index is 0.0210. The van der Waals surface area contributed by atoms with E-state index in [1.807, 2.05) is 0 Å². The van der Waals surface area contributed by atoms with Gasteiger partial charge in [0.1, 0.15) is 22.8 Å². The van der Waals surface area contributed by atoms with E-state index in [0.717, 1.165) is 0 Å². The molecule has 9 nitrogen and oxygen atoms in total. The summed E-state index contributed by atoms with van der Waals surface area (Å²) in [5.41, 5.74) is 0.443. The van der Waals surface area contributed by atoms with Gasteiger partial charge in [-0.3, -0.25) is 0 Å². The average molecular weight is 561 g/mol. The topological polar surface area (TPSA) is 127 Å². The molecule has 39 heavy (non-hydrogen) atoms. The fraction of sp³-hybridized carbons (Fsp3) is 0.346. The van der Waals surface area contributed by atoms with Crippen molar-refractivity contribution in [2.24, 2.45) is 0 Å². The van der Waals surface area contributed by atoms with Gasteiger partial charge < -0.3 is 19.4 Å². The van der Waals surface area contributed by atoms with Crippen molar-refractivity contribution < 1.29 is 36.5 Å². The van der Waals surface area contributed by atoms with Gasteiger partial charge in [0.05, 0.1) is 29.0 Å². The Hall–Kier alpha value is -3.55. The molecule has 1 aromatic carbocycles. The van der Waals surface area contributed by atoms with E-state index in [0.29, 0.717) is 22.5 Å². The maximum absolute atomic E-state index is 15.2. The molecule has 0 radical (unpaired) electrons. The Morgan fingerprint density at radius 3 is 2.51 bits per heavy atom. The van der Waals surface area contributed by atoms with Crippen molar-refractivity contribution >= 4 is 15.5 Å². The van der Waals surface area contributed by atoms with Crippen LogP contribution >= 0.6 is 0 Å². The molecular formula is C26H23F3N4O5S. The molecule has 13 heteroatoms. The van der Waals surface area contributed by atoms with E-state index in [1.54, 1.807) is 22.6 Å². The SMILES string of the molecule is O=S1(=O)CCC(O)(c2ncc(-c3cn4c5c(nc4cc3F)[C@H](O)C[C@@H]5c3ccccc3OC(F)F)cn2)CC1. The molecule has 6 rings (SSSR count). The van der Waals surface area contributed by atoms with Crippen molar-refractivity contribution in [3.63, 3.8) is 0 Å². The minimum Gasteiger partial charge on any atom is -0.435 e. The molecule has 1 fully saturated rings. The molecule has 1 aliphatic carbocycles. The molecular weight excluding hydrogens is 537 g/mol. The number of aliphatic hydroxyl groups is 2. The molecule has 1 aliphatic heterocycles. The molecule has 0 amide bonds. The second-order valence-corrected chi connectivity index (χ2v) is 12.1. The number of ether oxygens (including phenoxy) is 1. The van der Waals surface area contributed by atoms with E-state index in [2.05, 4.69) is 15.0 Å². The van der Waals surface area contributed by atoms with Crippen LogP contribution in [0, 0.1) is 5.82 Å². The zero-order chi connectivity index (χ0) is 27.5. The van der Waals surface area contributed by atoms with Gasteiger partial charge in [0.25, 0.3) is 0 Å². The van der Waals surface area contributed by atoms with E-state index in [9.17, 15) is 27.4 Å². The molecule has 0 bridgehead atoms. The summed E-state index contributed by atoms with van der Waals surface area (Å²) in [6.45, 7) is -3.03. The number of benzene rings is 1. The third-order valence-electron chi connectivity index (χ3n) is 7.42. The summed E-state index contributed by atoms with van der Waals surface area (Å²) in [4.78, 5) is 12.8. The van der Waals surface area contributed by atoms with Gasteiger partial charge in [0.15, 0.2) is 15.7 Å². The largest absolute Gasteiger partial charge is 0.435 e. The van der Waals surface area contributed by atoms with Gasteiger partial charge in [0, 0.05) is 47.3 Å². The first-order chi connectivity index (χ1) is 18.5. The highest BCUT2D eigenvalue weighted by Crippen LogP contribution is 2.47. The Labute approximate surface area is 220 Å². The molecule has 0 unspecified atom stereocenters. The maximum atomic E-state index is 15.2. The highest BCUT2D eigenvalue weighted by molar-refractivity contribution is 7.91. The number of rotatable bonds is 5. The first-order valence-electron chi connectivity index (χ1n) is 12.2. The summed E-state index contributed by atoms with van der Waals surface area (Å²) < 4.78 is 71.2. The summed E-state index contributed by atoms with van der Waals surface area (Å²) >= 11 is 0. The molecule has 204 valence electrons. The molecule has 1 saturated heterocycles. The Balaban J connectivity index is 1.39. The summed E-state index contributed by atoms with van der Waals surface area (Å²) in [7, 11) is -3.21. The van der Waals surface area contributed by atoms with E-state index in [4.69, 9.17) is 4.74 Å². The Kier molecular flexibility index (Phi) is 6.12. The van der Waals surface area contributed by atoms with Gasteiger partial charge in [-0.05, 0) is 25.3 Å². The van der Waals surface area contributed by atoms with Gasteiger partial charge >= 0.3 is 6.61 Å². The lowest BCUT2D eigenvalue weighted by atomic mass is 9.95. The fourth-order valence-corrected chi connectivity index (χ4v) is 6.91. The zero-order valence-electron chi connectivity index (χ0n) is 20.3. The summed E-state index contributed by atoms with van der Waals surface area (Å²) in [6, 6.07) is 7.52. The number of halogens is 3. The minimum atomic E-state index is -3.21. The Morgan fingerprint density at radius 1 is 1.13 bits per heavy atom. The highest BCUT2D eigenvalue weighted by atomic mass is 32.2. The predicted octanol–water partition coefficient (Wildman–Crippen LogP) is 3.50. The predicted molar refractivity (Wildman–Crippen MR) is 132 cm³/mol. The van der Waals surface area contributed by atoms with Crippen LogP contribution in [0.5, 0.6) is 5.75 Å². The lowest BCUT2D eigenvalue weighted by Gasteiger charge is -2.30. The van der Waals surface area contributed by atoms with E-state index < -0.39 is 39.9 Å². The smallest absolute Gasteiger partial charge is 0.387 e. The number of para-hydroxylation sites is 1. The van der Waals surface area contributed by atoms with Crippen LogP contribution in [-0.4, -0.2) is 56.1 Å². The fourth-order valence-electron chi connectivity index (χ4n) is 5.40. The average Bonchev–Trinajstić information content (AvgIpc) is 3.42. The van der Waals surface area contributed by atoms with Crippen molar-refractivity contribution in [2.45, 2.75) is 43.5 Å². The molecule has 0 spiro atoms. The number of nitrogens with zero attached hydrogens (tertiary/aromatic N) is 4. The molecule has 3 aromatic heterocycles. The van der Waals surface area contributed by atoms with Crippen molar-refractivity contribution in [1.29, 1.82) is 0 Å². The molecule has 4 aromatic rings. The maximum Gasteiger partial charge on any atom is 0.387 e. The lowest BCUT2D eigenvalue weighted by molar-refractivity contribution is -0.0506. The number of imidazole rings is 1. The van der Waals surface area contributed by atoms with Gasteiger partial charge in [-0.1, -0.05) is 18.2 Å². The molecule has 2 aliphatic rings. The zero-order valence-corrected chi connectivity index (χ0v) is 21.2. The molecule has 0 saturated carbocycles. The second-order valence-electron chi connectivity index (χ2n) is 9.84. The first-order valence-corrected chi connectivity index (χ1v) is 14.1. The van der Waals surface area contributed by atoms with Crippen molar-refractivity contribution in [1.82, 2.24) is 19.4 Å². The summed E-state index contributed by atoms with van der Waals surface area (Å²) in [5.74, 6) is -1.49. The Bertz CT molecular complexity index is 1660. The molecule has 4 heterocycles. The van der Waals surface area contributed by atoms with E-state index in [1.165, 1.54) is 30.7 Å². The highest BCUT2D eigenvalue weighted by Gasteiger charge is 2.40. The van der Waals surface area contributed by atoms with Gasteiger partial charge in [0.2, 0.25) is 0 Å². The van der Waals surface area contributed by atoms with Crippen LogP contribution in [0.15, 0.2) is 48.9 Å². The van der Waals surface area contributed by atoms with Gasteiger partial charge in [-0.15, -0.1) is 0 Å². The van der Waals surface area contributed by atoms with Crippen LogP contribution in [0.4, 0.5) is 13.2 Å². The molecule has 2 N–H and O–H groups in total. The van der Waals surface area contributed by atoms with Crippen LogP contribution in [-0.2, 0) is 15.4 Å². The Morgan fingerprint density at radius 2 is 1.82 bits per heavy atom. The van der Waals surface area contributed by atoms with E-state index in [-0.39, 0.29) is 53.6 Å². The standard InChI is InChI=1S/C26H23F3N4O5S/c27-18-10-21-32-22-19(34)9-16(15-3-1-2-4-20(15)38-25(28)29)23(22)33(21)13-17(18)14-11-30-24(31-12-14)26(35)5-7-39(36,37)8-6-26/h1-4,10-13,16,19,25,34-35H,5-9H2/t16-,19-/m1/s1.